The lowest BCUT2D eigenvalue weighted by Crippen LogP contribution is -2.55. The first kappa shape index (κ1) is 13.6. The maximum atomic E-state index is 5.99. The van der Waals surface area contributed by atoms with Crippen LogP contribution in [-0.4, -0.2) is 18.6 Å². The quantitative estimate of drug-likeness (QED) is 0.841. The second-order valence-corrected chi connectivity index (χ2v) is 5.77. The highest BCUT2D eigenvalue weighted by molar-refractivity contribution is 9.10. The first-order valence-corrected chi connectivity index (χ1v) is 7.10. The Morgan fingerprint density at radius 3 is 3.00 bits per heavy atom. The van der Waals surface area contributed by atoms with Crippen LogP contribution < -0.4 is 11.1 Å². The average Bonchev–Trinajstić information content (AvgIpc) is 2.39. The van der Waals surface area contributed by atoms with Gasteiger partial charge in [0.1, 0.15) is 0 Å². The van der Waals surface area contributed by atoms with Crippen LogP contribution >= 0.6 is 15.9 Å². The monoisotopic (exact) mass is 306 g/mol. The molecule has 2 nitrogen and oxygen atoms in total. The fourth-order valence-corrected chi connectivity index (χ4v) is 2.95. The van der Waals surface area contributed by atoms with Crippen molar-refractivity contribution in [1.29, 1.82) is 0 Å². The van der Waals surface area contributed by atoms with E-state index in [4.69, 9.17) is 5.73 Å². The van der Waals surface area contributed by atoms with Crippen molar-refractivity contribution in [3.8, 4) is 11.8 Å². The molecular weight excluding hydrogens is 288 g/mol. The van der Waals surface area contributed by atoms with Gasteiger partial charge in [0.25, 0.3) is 0 Å². The van der Waals surface area contributed by atoms with Gasteiger partial charge in [-0.05, 0) is 49.4 Å². The topological polar surface area (TPSA) is 38.0 Å². The van der Waals surface area contributed by atoms with Crippen LogP contribution in [0.25, 0.3) is 0 Å². The highest BCUT2D eigenvalue weighted by atomic mass is 79.9. The van der Waals surface area contributed by atoms with Gasteiger partial charge in [0, 0.05) is 16.6 Å². The van der Waals surface area contributed by atoms with Gasteiger partial charge in [-0.25, -0.2) is 0 Å². The molecule has 1 atom stereocenters. The Morgan fingerprint density at radius 2 is 2.28 bits per heavy atom. The number of hydrogen-bond donors (Lipinski definition) is 2. The van der Waals surface area contributed by atoms with Crippen molar-refractivity contribution in [3.05, 3.63) is 33.8 Å². The van der Waals surface area contributed by atoms with Gasteiger partial charge in [-0.1, -0.05) is 27.9 Å². The Morgan fingerprint density at radius 1 is 1.44 bits per heavy atom. The van der Waals surface area contributed by atoms with Crippen molar-refractivity contribution in [1.82, 2.24) is 5.32 Å². The molecule has 0 aromatic heterocycles. The molecule has 1 unspecified atom stereocenters. The summed E-state index contributed by atoms with van der Waals surface area (Å²) in [5, 5.41) is 3.53. The zero-order chi connectivity index (χ0) is 13.0. The Balaban J connectivity index is 2.16. The van der Waals surface area contributed by atoms with E-state index in [0.717, 1.165) is 30.3 Å². The first-order valence-electron chi connectivity index (χ1n) is 6.31. The molecular formula is C15H19BrN2. The van der Waals surface area contributed by atoms with Crippen molar-refractivity contribution in [2.45, 2.75) is 31.7 Å². The number of benzene rings is 1. The minimum absolute atomic E-state index is 0.0185. The average molecular weight is 307 g/mol. The number of aryl methyl sites for hydroxylation is 1. The summed E-state index contributed by atoms with van der Waals surface area (Å²) in [7, 11) is 0. The smallest absolute Gasteiger partial charge is 0.0581 e. The van der Waals surface area contributed by atoms with Crippen molar-refractivity contribution in [3.63, 3.8) is 0 Å². The number of fused-ring (bicyclic) bond motifs is 1. The summed E-state index contributed by atoms with van der Waals surface area (Å²) in [4.78, 5) is 0. The van der Waals surface area contributed by atoms with Crippen LogP contribution in [0.2, 0.25) is 0 Å². The number of rotatable bonds is 3. The third-order valence-electron chi connectivity index (χ3n) is 3.69. The summed E-state index contributed by atoms with van der Waals surface area (Å²) in [6.07, 6.45) is 3.16. The lowest BCUT2D eigenvalue weighted by atomic mass is 9.78. The van der Waals surface area contributed by atoms with Gasteiger partial charge in [0.2, 0.25) is 0 Å². The molecule has 0 spiro atoms. The molecule has 1 aliphatic rings. The van der Waals surface area contributed by atoms with E-state index in [1.165, 1.54) is 11.1 Å². The third kappa shape index (κ3) is 2.95. The minimum atomic E-state index is 0.0185. The van der Waals surface area contributed by atoms with Crippen molar-refractivity contribution in [2.75, 3.05) is 13.1 Å². The summed E-state index contributed by atoms with van der Waals surface area (Å²) in [5.74, 6) is 5.98. The van der Waals surface area contributed by atoms with Crippen molar-refractivity contribution in [2.24, 2.45) is 5.73 Å². The molecule has 0 saturated carbocycles. The predicted molar refractivity (Wildman–Crippen MR) is 79.4 cm³/mol. The van der Waals surface area contributed by atoms with Gasteiger partial charge in [0.05, 0.1) is 6.54 Å². The van der Waals surface area contributed by atoms with Gasteiger partial charge in [-0.2, -0.15) is 0 Å². The van der Waals surface area contributed by atoms with E-state index in [-0.39, 0.29) is 5.54 Å². The molecule has 0 amide bonds. The standard InChI is InChI=1S/C15H19BrN2/c1-2-3-8-18-15(11-17)7-6-12-9-14(16)5-4-13(12)10-15/h4-5,9,18H,6-8,10-11,17H2,1H3. The SMILES string of the molecule is CC#CCNC1(CN)CCc2cc(Br)ccc2C1. The van der Waals surface area contributed by atoms with E-state index in [1.54, 1.807) is 0 Å². The number of hydrogen-bond acceptors (Lipinski definition) is 2. The highest BCUT2D eigenvalue weighted by Gasteiger charge is 2.32. The van der Waals surface area contributed by atoms with E-state index in [1.807, 2.05) is 6.92 Å². The van der Waals surface area contributed by atoms with Crippen LogP contribution in [0.3, 0.4) is 0 Å². The van der Waals surface area contributed by atoms with E-state index < -0.39 is 0 Å². The van der Waals surface area contributed by atoms with Crippen LogP contribution in [0.4, 0.5) is 0 Å². The van der Waals surface area contributed by atoms with Crippen LogP contribution in [0.5, 0.6) is 0 Å². The number of nitrogens with one attached hydrogen (secondary N) is 1. The molecule has 3 heteroatoms. The molecule has 0 fully saturated rings. The van der Waals surface area contributed by atoms with Gasteiger partial charge < -0.3 is 5.73 Å². The maximum absolute atomic E-state index is 5.99. The van der Waals surface area contributed by atoms with Crippen molar-refractivity contribution < 1.29 is 0 Å². The minimum Gasteiger partial charge on any atom is -0.329 e. The molecule has 0 bridgehead atoms. The van der Waals surface area contributed by atoms with Gasteiger partial charge >= 0.3 is 0 Å². The summed E-state index contributed by atoms with van der Waals surface area (Å²) >= 11 is 3.53. The molecule has 96 valence electrons. The van der Waals surface area contributed by atoms with E-state index >= 15 is 0 Å². The lowest BCUT2D eigenvalue weighted by Gasteiger charge is -2.38. The second kappa shape index (κ2) is 5.88. The molecule has 1 aromatic rings. The molecule has 1 aliphatic carbocycles. The Hall–Kier alpha value is -0.820. The molecule has 0 radical (unpaired) electrons. The van der Waals surface area contributed by atoms with Gasteiger partial charge in [0.15, 0.2) is 0 Å². The van der Waals surface area contributed by atoms with Crippen LogP contribution in [0.15, 0.2) is 22.7 Å². The molecule has 2 rings (SSSR count). The maximum Gasteiger partial charge on any atom is 0.0581 e. The lowest BCUT2D eigenvalue weighted by molar-refractivity contribution is 0.307. The molecule has 18 heavy (non-hydrogen) atoms. The molecule has 0 aliphatic heterocycles. The third-order valence-corrected chi connectivity index (χ3v) is 4.18. The normalized spacial score (nSPS) is 21.9. The number of nitrogens with two attached hydrogens (primary N) is 1. The van der Waals surface area contributed by atoms with Gasteiger partial charge in [-0.15, -0.1) is 5.92 Å². The summed E-state index contributed by atoms with van der Waals surface area (Å²) < 4.78 is 1.16. The number of halogens is 1. The molecule has 0 saturated heterocycles. The Bertz CT molecular complexity index is 487. The van der Waals surface area contributed by atoms with Crippen LogP contribution in [0, 0.1) is 11.8 Å². The van der Waals surface area contributed by atoms with Crippen LogP contribution in [0.1, 0.15) is 24.5 Å². The zero-order valence-electron chi connectivity index (χ0n) is 10.7. The van der Waals surface area contributed by atoms with E-state index in [9.17, 15) is 0 Å². The largest absolute Gasteiger partial charge is 0.329 e. The second-order valence-electron chi connectivity index (χ2n) is 4.85. The van der Waals surface area contributed by atoms with Crippen LogP contribution in [-0.2, 0) is 12.8 Å². The predicted octanol–water partition coefficient (Wildman–Crippen LogP) is 2.25. The first-order chi connectivity index (χ1) is 8.69. The van der Waals surface area contributed by atoms with E-state index in [2.05, 4.69) is 51.3 Å². The molecule has 0 heterocycles. The molecule has 3 N–H and O–H groups in total. The van der Waals surface area contributed by atoms with Gasteiger partial charge in [-0.3, -0.25) is 5.32 Å². The zero-order valence-corrected chi connectivity index (χ0v) is 12.3. The summed E-state index contributed by atoms with van der Waals surface area (Å²) in [6, 6.07) is 6.54. The van der Waals surface area contributed by atoms with E-state index in [0.29, 0.717) is 6.54 Å². The summed E-state index contributed by atoms with van der Waals surface area (Å²) in [5.41, 5.74) is 8.86. The fraction of sp³-hybridized carbons (Fsp3) is 0.467. The molecule has 1 aromatic carbocycles. The fourth-order valence-electron chi connectivity index (χ4n) is 2.54. The Kier molecular flexibility index (Phi) is 4.45. The highest BCUT2D eigenvalue weighted by Crippen LogP contribution is 2.30. The summed E-state index contributed by atoms with van der Waals surface area (Å²) in [6.45, 7) is 3.25. The Labute approximate surface area is 117 Å². The van der Waals surface area contributed by atoms with Crippen molar-refractivity contribution >= 4 is 15.9 Å².